The van der Waals surface area contributed by atoms with Crippen LogP contribution in [-0.4, -0.2) is 11.1 Å². The summed E-state index contributed by atoms with van der Waals surface area (Å²) < 4.78 is 0. The van der Waals surface area contributed by atoms with Crippen molar-refractivity contribution in [3.63, 3.8) is 0 Å². The topological polar surface area (TPSA) is 63.3 Å². The summed E-state index contributed by atoms with van der Waals surface area (Å²) in [5, 5.41) is 9.84. The Labute approximate surface area is 133 Å². The molecule has 3 nitrogen and oxygen atoms in total. The minimum atomic E-state index is -0.696. The number of nitrogens with two attached hydrogens (primary N) is 1. The fourth-order valence-corrected chi connectivity index (χ4v) is 3.21. The van der Waals surface area contributed by atoms with E-state index in [1.807, 2.05) is 0 Å². The Balaban J connectivity index is 2.86. The predicted molar refractivity (Wildman–Crippen MR) is 90.3 cm³/mol. The second kappa shape index (κ2) is 5.09. The van der Waals surface area contributed by atoms with E-state index < -0.39 is 11.4 Å². The minimum absolute atomic E-state index is 0.106. The molecule has 1 aliphatic rings. The van der Waals surface area contributed by atoms with E-state index in [0.717, 1.165) is 35.1 Å². The van der Waals surface area contributed by atoms with Crippen LogP contribution in [0.1, 0.15) is 76.6 Å². The first kappa shape index (κ1) is 17.0. The molecule has 2 rings (SSSR count). The Morgan fingerprint density at radius 2 is 1.50 bits per heavy atom. The smallest absolute Gasteiger partial charge is 0.314 e. The van der Waals surface area contributed by atoms with Crippen molar-refractivity contribution in [3.8, 4) is 0 Å². The van der Waals surface area contributed by atoms with Crippen LogP contribution in [0, 0.1) is 0 Å². The maximum atomic E-state index is 12.0. The zero-order valence-electron chi connectivity index (χ0n) is 14.7. The van der Waals surface area contributed by atoms with Crippen molar-refractivity contribution in [2.24, 2.45) is 5.73 Å². The summed E-state index contributed by atoms with van der Waals surface area (Å²) in [7, 11) is 0. The van der Waals surface area contributed by atoms with Crippen LogP contribution in [0.25, 0.3) is 0 Å². The number of hydrogen-bond acceptors (Lipinski definition) is 2. The summed E-state index contributed by atoms with van der Waals surface area (Å²) in [6.07, 6.45) is 1.47. The summed E-state index contributed by atoms with van der Waals surface area (Å²) in [6, 6.07) is 4.24. The molecule has 1 fully saturated rings. The lowest BCUT2D eigenvalue weighted by molar-refractivity contribution is -0.140. The fraction of sp³-hybridized carbons (Fsp3) is 0.632. The van der Waals surface area contributed by atoms with Gasteiger partial charge in [0.2, 0.25) is 0 Å². The van der Waals surface area contributed by atoms with Crippen LogP contribution in [0.2, 0.25) is 0 Å². The molecule has 0 bridgehead atoms. The number of hydrogen-bond donors (Lipinski definition) is 2. The Hall–Kier alpha value is -1.35. The van der Waals surface area contributed by atoms with E-state index in [1.165, 1.54) is 0 Å². The average molecular weight is 303 g/mol. The molecule has 0 spiro atoms. The zero-order valence-corrected chi connectivity index (χ0v) is 14.7. The Morgan fingerprint density at radius 3 is 1.73 bits per heavy atom. The van der Waals surface area contributed by atoms with Gasteiger partial charge in [-0.3, -0.25) is 4.79 Å². The average Bonchev–Trinajstić information content (AvgIpc) is 3.16. The molecule has 1 aromatic carbocycles. The summed E-state index contributed by atoms with van der Waals surface area (Å²) >= 11 is 0. The Morgan fingerprint density at radius 1 is 1.09 bits per heavy atom. The van der Waals surface area contributed by atoms with E-state index in [2.05, 4.69) is 53.7 Å². The lowest BCUT2D eigenvalue weighted by Gasteiger charge is -2.33. The SMILES string of the molecule is CC(C)(C)c1cc(CN)cc(C(C)(C)C)c1C1(C(=O)O)CC1. The van der Waals surface area contributed by atoms with Crippen LogP contribution in [0.5, 0.6) is 0 Å². The molecule has 0 amide bonds. The van der Waals surface area contributed by atoms with Crippen LogP contribution in [0.4, 0.5) is 0 Å². The molecule has 122 valence electrons. The molecule has 0 heterocycles. The second-order valence-corrected chi connectivity index (χ2v) is 8.66. The number of rotatable bonds is 3. The van der Waals surface area contributed by atoms with E-state index in [-0.39, 0.29) is 10.8 Å². The lowest BCUT2D eigenvalue weighted by Crippen LogP contribution is -2.31. The highest BCUT2D eigenvalue weighted by molar-refractivity contribution is 5.86. The predicted octanol–water partition coefficient (Wildman–Crippen LogP) is 3.86. The van der Waals surface area contributed by atoms with Gasteiger partial charge in [-0.05, 0) is 45.9 Å². The molecule has 1 saturated carbocycles. The maximum absolute atomic E-state index is 12.0. The van der Waals surface area contributed by atoms with Crippen LogP contribution in [0.15, 0.2) is 12.1 Å². The summed E-state index contributed by atoms with van der Waals surface area (Å²) in [5.41, 5.74) is 9.39. The molecule has 3 N–H and O–H groups in total. The van der Waals surface area contributed by atoms with Crippen molar-refractivity contribution in [2.75, 3.05) is 0 Å². The zero-order chi connectivity index (χ0) is 16.9. The van der Waals surface area contributed by atoms with Crippen molar-refractivity contribution in [2.45, 2.75) is 77.2 Å². The summed E-state index contributed by atoms with van der Waals surface area (Å²) in [4.78, 5) is 12.0. The van der Waals surface area contributed by atoms with E-state index in [1.54, 1.807) is 0 Å². The molecule has 1 aromatic rings. The van der Waals surface area contributed by atoms with E-state index in [9.17, 15) is 9.90 Å². The summed E-state index contributed by atoms with van der Waals surface area (Å²) in [5.74, 6) is -0.691. The molecular formula is C19H29NO2. The van der Waals surface area contributed by atoms with Crippen molar-refractivity contribution >= 4 is 5.97 Å². The van der Waals surface area contributed by atoms with Gasteiger partial charge in [0, 0.05) is 6.54 Å². The highest BCUT2D eigenvalue weighted by Crippen LogP contribution is 2.54. The van der Waals surface area contributed by atoms with Gasteiger partial charge in [0.15, 0.2) is 0 Å². The highest BCUT2D eigenvalue weighted by Gasteiger charge is 2.55. The molecule has 0 radical (unpaired) electrons. The molecule has 0 saturated heterocycles. The largest absolute Gasteiger partial charge is 0.481 e. The molecule has 1 aliphatic carbocycles. The fourth-order valence-electron chi connectivity index (χ4n) is 3.21. The van der Waals surface area contributed by atoms with Crippen LogP contribution < -0.4 is 5.73 Å². The van der Waals surface area contributed by atoms with Gasteiger partial charge in [0.1, 0.15) is 0 Å². The standard InChI is InChI=1S/C19H29NO2/c1-17(2,3)13-9-12(11-20)10-14(18(4,5)6)15(13)19(7-8-19)16(21)22/h9-10H,7-8,11,20H2,1-6H3,(H,21,22). The van der Waals surface area contributed by atoms with Gasteiger partial charge < -0.3 is 10.8 Å². The van der Waals surface area contributed by atoms with Gasteiger partial charge in [-0.1, -0.05) is 53.7 Å². The first-order valence-electron chi connectivity index (χ1n) is 8.05. The first-order valence-corrected chi connectivity index (χ1v) is 8.05. The Bertz CT molecular complexity index is 564. The first-order chi connectivity index (χ1) is 9.93. The van der Waals surface area contributed by atoms with Gasteiger partial charge in [0.05, 0.1) is 5.41 Å². The second-order valence-electron chi connectivity index (χ2n) is 8.66. The maximum Gasteiger partial charge on any atom is 0.314 e. The van der Waals surface area contributed by atoms with Crippen molar-refractivity contribution in [1.29, 1.82) is 0 Å². The number of aliphatic carboxylic acids is 1. The van der Waals surface area contributed by atoms with Crippen LogP contribution in [-0.2, 0) is 27.6 Å². The van der Waals surface area contributed by atoms with Gasteiger partial charge in [-0.15, -0.1) is 0 Å². The Kier molecular flexibility index (Phi) is 3.93. The molecule has 0 aromatic heterocycles. The van der Waals surface area contributed by atoms with Gasteiger partial charge in [0.25, 0.3) is 0 Å². The number of carboxylic acid groups (broad SMARTS) is 1. The van der Waals surface area contributed by atoms with Gasteiger partial charge in [-0.2, -0.15) is 0 Å². The monoisotopic (exact) mass is 303 g/mol. The number of carboxylic acids is 1. The number of benzene rings is 1. The minimum Gasteiger partial charge on any atom is -0.481 e. The normalized spacial score (nSPS) is 17.4. The van der Waals surface area contributed by atoms with E-state index >= 15 is 0 Å². The van der Waals surface area contributed by atoms with Gasteiger partial charge >= 0.3 is 5.97 Å². The molecule has 3 heteroatoms. The number of carbonyl (C=O) groups is 1. The van der Waals surface area contributed by atoms with Crippen molar-refractivity contribution in [1.82, 2.24) is 0 Å². The van der Waals surface area contributed by atoms with Gasteiger partial charge in [-0.25, -0.2) is 0 Å². The van der Waals surface area contributed by atoms with E-state index in [4.69, 9.17) is 5.73 Å². The van der Waals surface area contributed by atoms with E-state index in [0.29, 0.717) is 6.54 Å². The third-order valence-electron chi connectivity index (χ3n) is 4.69. The van der Waals surface area contributed by atoms with Crippen LogP contribution >= 0.6 is 0 Å². The molecule has 0 aliphatic heterocycles. The summed E-state index contributed by atoms with van der Waals surface area (Å²) in [6.45, 7) is 13.4. The molecule has 0 unspecified atom stereocenters. The van der Waals surface area contributed by atoms with Crippen molar-refractivity contribution in [3.05, 3.63) is 34.4 Å². The lowest BCUT2D eigenvalue weighted by atomic mass is 9.70. The van der Waals surface area contributed by atoms with Crippen molar-refractivity contribution < 1.29 is 9.90 Å². The highest BCUT2D eigenvalue weighted by atomic mass is 16.4. The molecule has 0 atom stereocenters. The quantitative estimate of drug-likeness (QED) is 0.891. The molecular weight excluding hydrogens is 274 g/mol. The third-order valence-corrected chi connectivity index (χ3v) is 4.69. The van der Waals surface area contributed by atoms with Crippen LogP contribution in [0.3, 0.4) is 0 Å². The third kappa shape index (κ3) is 2.79. The molecule has 22 heavy (non-hydrogen) atoms.